The van der Waals surface area contributed by atoms with E-state index in [1.807, 2.05) is 27.7 Å². The van der Waals surface area contributed by atoms with Crippen LogP contribution in [0.1, 0.15) is 85.5 Å². The average molecular weight is 537 g/mol. The van der Waals surface area contributed by atoms with Crippen LogP contribution in [0.5, 0.6) is 0 Å². The number of nitrogens with one attached hydrogen (secondary N) is 1. The normalized spacial score (nSPS) is 24.3. The molecule has 1 N–H and O–H groups in total. The van der Waals surface area contributed by atoms with Crippen LogP contribution in [-0.4, -0.2) is 66.5 Å². The molecule has 1 heterocycles. The molecule has 1 saturated carbocycles. The van der Waals surface area contributed by atoms with E-state index in [4.69, 9.17) is 19.0 Å². The molecule has 0 aromatic carbocycles. The Morgan fingerprint density at radius 1 is 0.921 bits per heavy atom. The Balaban J connectivity index is 1.23. The second kappa shape index (κ2) is 13.6. The van der Waals surface area contributed by atoms with E-state index in [-0.39, 0.29) is 32.0 Å². The molecule has 2 fully saturated rings. The quantitative estimate of drug-likeness (QED) is 0.261. The van der Waals surface area contributed by atoms with Crippen molar-refractivity contribution in [2.75, 3.05) is 26.4 Å². The van der Waals surface area contributed by atoms with E-state index in [2.05, 4.69) is 17.5 Å². The Morgan fingerprint density at radius 2 is 1.50 bits per heavy atom. The summed E-state index contributed by atoms with van der Waals surface area (Å²) in [5.74, 6) is 0.218. The molecule has 3 aliphatic rings. The number of amides is 3. The summed E-state index contributed by atoms with van der Waals surface area (Å²) in [4.78, 5) is 52.0. The van der Waals surface area contributed by atoms with Crippen LogP contribution in [0.15, 0.2) is 12.2 Å². The molecule has 2 aliphatic carbocycles. The number of fused-ring (bicyclic) bond motifs is 1. The van der Waals surface area contributed by atoms with Crippen LogP contribution in [0.2, 0.25) is 0 Å². The molecule has 0 aromatic heterocycles. The molecule has 2 unspecified atom stereocenters. The maximum atomic E-state index is 12.2. The second-order valence-corrected chi connectivity index (χ2v) is 11.7. The SMILES string of the molecule is CC(C)(CCNC(=O)OCC1C2CC/C=C\CCC21)OCCC(C)(C)OCCC(=O)ON1C(=O)CCC1=O. The summed E-state index contributed by atoms with van der Waals surface area (Å²) in [6, 6.07) is 0. The van der Waals surface area contributed by atoms with Crippen LogP contribution in [0, 0.1) is 17.8 Å². The number of ether oxygens (including phenoxy) is 3. The minimum absolute atomic E-state index is 0.0611. The lowest BCUT2D eigenvalue weighted by atomic mass is 10.0. The van der Waals surface area contributed by atoms with Crippen LogP contribution in [0.3, 0.4) is 0 Å². The van der Waals surface area contributed by atoms with Gasteiger partial charge in [-0.05, 0) is 84.0 Å². The van der Waals surface area contributed by atoms with Gasteiger partial charge in [-0.15, -0.1) is 5.06 Å². The van der Waals surface area contributed by atoms with Gasteiger partial charge in [0.2, 0.25) is 0 Å². The monoisotopic (exact) mass is 536 g/mol. The Hall–Kier alpha value is -2.46. The Bertz CT molecular complexity index is 852. The summed E-state index contributed by atoms with van der Waals surface area (Å²) >= 11 is 0. The minimum atomic E-state index is -0.688. The zero-order valence-electron chi connectivity index (χ0n) is 23.3. The van der Waals surface area contributed by atoms with Crippen molar-refractivity contribution in [2.24, 2.45) is 17.8 Å². The first-order valence-corrected chi connectivity index (χ1v) is 13.9. The zero-order valence-corrected chi connectivity index (χ0v) is 23.3. The van der Waals surface area contributed by atoms with Crippen molar-refractivity contribution in [3.63, 3.8) is 0 Å². The molecular formula is C28H44N2O8. The number of carbonyl (C=O) groups is 4. The molecule has 10 heteroatoms. The third kappa shape index (κ3) is 9.69. The van der Waals surface area contributed by atoms with Gasteiger partial charge in [0.05, 0.1) is 37.4 Å². The van der Waals surface area contributed by atoms with Gasteiger partial charge in [0.1, 0.15) is 0 Å². The molecule has 0 spiro atoms. The van der Waals surface area contributed by atoms with Gasteiger partial charge < -0.3 is 24.4 Å². The molecule has 3 amide bonds. The minimum Gasteiger partial charge on any atom is -0.449 e. The molecule has 2 atom stereocenters. The molecule has 1 saturated heterocycles. The first kappa shape index (κ1) is 30.1. The number of hydrogen-bond acceptors (Lipinski definition) is 8. The second-order valence-electron chi connectivity index (χ2n) is 11.7. The lowest BCUT2D eigenvalue weighted by Crippen LogP contribution is -2.35. The van der Waals surface area contributed by atoms with Crippen LogP contribution >= 0.6 is 0 Å². The van der Waals surface area contributed by atoms with Crippen molar-refractivity contribution < 1.29 is 38.2 Å². The van der Waals surface area contributed by atoms with Crippen LogP contribution < -0.4 is 5.32 Å². The average Bonchev–Trinajstić information content (AvgIpc) is 3.36. The number of rotatable bonds is 14. The Morgan fingerprint density at radius 3 is 2.13 bits per heavy atom. The zero-order chi connectivity index (χ0) is 27.8. The molecule has 38 heavy (non-hydrogen) atoms. The van der Waals surface area contributed by atoms with E-state index < -0.39 is 29.0 Å². The van der Waals surface area contributed by atoms with Crippen LogP contribution in [-0.2, 0) is 33.4 Å². The third-order valence-electron chi connectivity index (χ3n) is 7.61. The highest BCUT2D eigenvalue weighted by molar-refractivity contribution is 6.01. The lowest BCUT2D eigenvalue weighted by Gasteiger charge is -2.29. The topological polar surface area (TPSA) is 120 Å². The first-order valence-electron chi connectivity index (χ1n) is 13.9. The highest BCUT2D eigenvalue weighted by Crippen LogP contribution is 2.52. The fraction of sp³-hybridized carbons (Fsp3) is 0.786. The molecule has 1 aliphatic heterocycles. The van der Waals surface area contributed by atoms with Gasteiger partial charge >= 0.3 is 12.1 Å². The van der Waals surface area contributed by atoms with Gasteiger partial charge in [-0.1, -0.05) is 12.2 Å². The van der Waals surface area contributed by atoms with Crippen molar-refractivity contribution in [2.45, 2.75) is 96.7 Å². The Labute approximate surface area is 225 Å². The van der Waals surface area contributed by atoms with E-state index in [0.717, 1.165) is 12.8 Å². The maximum absolute atomic E-state index is 12.2. The number of hydrogen-bond donors (Lipinski definition) is 1. The highest BCUT2D eigenvalue weighted by Gasteiger charge is 2.49. The van der Waals surface area contributed by atoms with Gasteiger partial charge in [0.25, 0.3) is 11.8 Å². The number of nitrogens with zero attached hydrogens (tertiary/aromatic N) is 1. The fourth-order valence-corrected chi connectivity index (χ4v) is 5.06. The van der Waals surface area contributed by atoms with E-state index in [0.29, 0.717) is 55.4 Å². The summed E-state index contributed by atoms with van der Waals surface area (Å²) < 4.78 is 17.3. The lowest BCUT2D eigenvalue weighted by molar-refractivity contribution is -0.198. The van der Waals surface area contributed by atoms with Crippen molar-refractivity contribution in [3.05, 3.63) is 12.2 Å². The summed E-state index contributed by atoms with van der Waals surface area (Å²) in [5, 5.41) is 3.38. The van der Waals surface area contributed by atoms with E-state index in [1.165, 1.54) is 12.8 Å². The number of imide groups is 1. The third-order valence-corrected chi connectivity index (χ3v) is 7.61. The van der Waals surface area contributed by atoms with Gasteiger partial charge in [0, 0.05) is 19.4 Å². The summed E-state index contributed by atoms with van der Waals surface area (Å²) in [5.41, 5.74) is -0.997. The molecule has 0 aromatic rings. The van der Waals surface area contributed by atoms with Crippen molar-refractivity contribution in [1.29, 1.82) is 0 Å². The predicted octanol–water partition coefficient (Wildman–Crippen LogP) is 4.07. The molecule has 10 nitrogen and oxygen atoms in total. The van der Waals surface area contributed by atoms with Gasteiger partial charge in [0.15, 0.2) is 0 Å². The predicted molar refractivity (Wildman–Crippen MR) is 139 cm³/mol. The van der Waals surface area contributed by atoms with E-state index >= 15 is 0 Å². The maximum Gasteiger partial charge on any atom is 0.407 e. The molecule has 214 valence electrons. The van der Waals surface area contributed by atoms with E-state index in [9.17, 15) is 19.2 Å². The van der Waals surface area contributed by atoms with E-state index in [1.54, 1.807) is 0 Å². The standard InChI is InChI=1S/C28H44N2O8/c1-27(2,14-16-29-26(34)35-19-22-20-9-7-5-6-8-10-21(20)22)37-18-15-28(3,4)36-17-13-25(33)38-30-23(31)11-12-24(30)32/h5-6,20-22H,7-19H2,1-4H3,(H,29,34)/b6-5-. The largest absolute Gasteiger partial charge is 0.449 e. The smallest absolute Gasteiger partial charge is 0.407 e. The van der Waals surface area contributed by atoms with Crippen molar-refractivity contribution >= 4 is 23.9 Å². The fourth-order valence-electron chi connectivity index (χ4n) is 5.06. The molecule has 0 radical (unpaired) electrons. The van der Waals surface area contributed by atoms with Gasteiger partial charge in [-0.25, -0.2) is 9.59 Å². The molecular weight excluding hydrogens is 492 g/mol. The molecule has 3 rings (SSSR count). The number of carbonyl (C=O) groups excluding carboxylic acids is 4. The first-order chi connectivity index (χ1) is 18.0. The summed E-state index contributed by atoms with van der Waals surface area (Å²) in [7, 11) is 0. The van der Waals surface area contributed by atoms with Gasteiger partial charge in [-0.2, -0.15) is 0 Å². The van der Waals surface area contributed by atoms with Crippen molar-refractivity contribution in [1.82, 2.24) is 10.4 Å². The number of alkyl carbamates (subject to hydrolysis) is 1. The van der Waals surface area contributed by atoms with Crippen LogP contribution in [0.4, 0.5) is 4.79 Å². The number of allylic oxidation sites excluding steroid dienone is 2. The summed E-state index contributed by atoms with van der Waals surface area (Å²) in [6.45, 7) is 9.23. The van der Waals surface area contributed by atoms with Crippen LogP contribution in [0.25, 0.3) is 0 Å². The van der Waals surface area contributed by atoms with Gasteiger partial charge in [-0.3, -0.25) is 9.59 Å². The Kier molecular flexibility index (Phi) is 10.7. The van der Waals surface area contributed by atoms with Crippen molar-refractivity contribution in [3.8, 4) is 0 Å². The molecule has 0 bridgehead atoms. The highest BCUT2D eigenvalue weighted by atomic mass is 16.7. The number of hydroxylamine groups is 2. The summed E-state index contributed by atoms with van der Waals surface area (Å²) in [6.07, 6.45) is 10.1.